The van der Waals surface area contributed by atoms with Gasteiger partial charge in [0.15, 0.2) is 12.4 Å². The van der Waals surface area contributed by atoms with E-state index in [2.05, 4.69) is 22.4 Å². The second-order valence-electron chi connectivity index (χ2n) is 7.84. The Bertz CT molecular complexity index is 866. The minimum Gasteiger partial charge on any atom is -0.484 e. The Morgan fingerprint density at radius 3 is 2.68 bits per heavy atom. The Balaban J connectivity index is 1.40. The van der Waals surface area contributed by atoms with Gasteiger partial charge in [-0.05, 0) is 43.4 Å². The van der Waals surface area contributed by atoms with Crippen molar-refractivity contribution in [1.29, 1.82) is 0 Å². The van der Waals surface area contributed by atoms with Crippen LogP contribution < -0.4 is 10.1 Å². The van der Waals surface area contributed by atoms with E-state index < -0.39 is 0 Å². The van der Waals surface area contributed by atoms with Gasteiger partial charge < -0.3 is 15.0 Å². The topological polar surface area (TPSA) is 87.3 Å². The molecule has 2 amide bonds. The SMILES string of the molecule is Cc1[nH]nc2c1C(c1ccc(OCC(=O)N3CCC(C)CC3)cc1)CC(=O)N2. The molecule has 2 N–H and O–H groups in total. The average Bonchev–Trinajstić information content (AvgIpc) is 3.07. The zero-order chi connectivity index (χ0) is 19.7. The molecule has 28 heavy (non-hydrogen) atoms. The third-order valence-corrected chi connectivity index (χ3v) is 5.77. The first-order valence-corrected chi connectivity index (χ1v) is 9.86. The van der Waals surface area contributed by atoms with E-state index in [1.807, 2.05) is 36.1 Å². The first kappa shape index (κ1) is 18.5. The molecule has 2 aliphatic rings. The molecule has 7 nitrogen and oxygen atoms in total. The van der Waals surface area contributed by atoms with Crippen LogP contribution >= 0.6 is 0 Å². The van der Waals surface area contributed by atoms with E-state index in [0.29, 0.717) is 23.9 Å². The van der Waals surface area contributed by atoms with Crippen molar-refractivity contribution >= 4 is 17.6 Å². The van der Waals surface area contributed by atoms with E-state index in [4.69, 9.17) is 4.74 Å². The van der Waals surface area contributed by atoms with Gasteiger partial charge in [-0.2, -0.15) is 5.10 Å². The zero-order valence-corrected chi connectivity index (χ0v) is 16.3. The summed E-state index contributed by atoms with van der Waals surface area (Å²) in [4.78, 5) is 26.2. The number of fused-ring (bicyclic) bond motifs is 1. The van der Waals surface area contributed by atoms with Crippen molar-refractivity contribution in [3.63, 3.8) is 0 Å². The van der Waals surface area contributed by atoms with E-state index in [1.54, 1.807) is 0 Å². The van der Waals surface area contributed by atoms with Gasteiger partial charge in [0.25, 0.3) is 5.91 Å². The normalized spacial score (nSPS) is 19.9. The number of rotatable bonds is 4. The van der Waals surface area contributed by atoms with E-state index >= 15 is 0 Å². The number of carbonyl (C=O) groups is 2. The van der Waals surface area contributed by atoms with E-state index in [9.17, 15) is 9.59 Å². The molecule has 0 radical (unpaired) electrons. The Morgan fingerprint density at radius 1 is 1.25 bits per heavy atom. The van der Waals surface area contributed by atoms with Crippen LogP contribution in [0.25, 0.3) is 0 Å². The number of nitrogens with zero attached hydrogens (tertiary/aromatic N) is 2. The quantitative estimate of drug-likeness (QED) is 0.851. The maximum atomic E-state index is 12.3. The summed E-state index contributed by atoms with van der Waals surface area (Å²) in [6.07, 6.45) is 2.51. The molecule has 0 bridgehead atoms. The number of hydrogen-bond donors (Lipinski definition) is 2. The second kappa shape index (κ2) is 7.66. The number of aromatic nitrogens is 2. The van der Waals surface area contributed by atoms with Crippen LogP contribution in [0.3, 0.4) is 0 Å². The lowest BCUT2D eigenvalue weighted by Crippen LogP contribution is -2.40. The second-order valence-corrected chi connectivity index (χ2v) is 7.84. The van der Waals surface area contributed by atoms with Gasteiger partial charge in [-0.3, -0.25) is 14.7 Å². The van der Waals surface area contributed by atoms with Crippen molar-refractivity contribution in [2.45, 2.75) is 39.0 Å². The molecule has 4 rings (SSSR count). The van der Waals surface area contributed by atoms with Gasteiger partial charge >= 0.3 is 0 Å². The number of ether oxygens (including phenoxy) is 1. The molecular weight excluding hydrogens is 356 g/mol. The van der Waals surface area contributed by atoms with Gasteiger partial charge in [-0.15, -0.1) is 0 Å². The highest BCUT2D eigenvalue weighted by Crippen LogP contribution is 2.38. The Morgan fingerprint density at radius 2 is 1.96 bits per heavy atom. The number of piperidine rings is 1. The summed E-state index contributed by atoms with van der Waals surface area (Å²) in [5, 5.41) is 9.93. The van der Waals surface area contributed by atoms with Crippen molar-refractivity contribution in [1.82, 2.24) is 15.1 Å². The number of H-pyrrole nitrogens is 1. The number of amides is 2. The lowest BCUT2D eigenvalue weighted by Gasteiger charge is -2.30. The summed E-state index contributed by atoms with van der Waals surface area (Å²) in [6, 6.07) is 7.65. The fourth-order valence-corrected chi connectivity index (χ4v) is 4.01. The minimum absolute atomic E-state index is 0.0338. The van der Waals surface area contributed by atoms with Gasteiger partial charge in [-0.1, -0.05) is 19.1 Å². The van der Waals surface area contributed by atoms with Crippen LogP contribution in [0.5, 0.6) is 5.75 Å². The van der Waals surface area contributed by atoms with Crippen LogP contribution in [0.1, 0.15) is 48.9 Å². The van der Waals surface area contributed by atoms with E-state index in [0.717, 1.165) is 42.8 Å². The standard InChI is InChI=1S/C21H26N4O3/c1-13-7-9-25(10-8-13)19(27)12-28-16-5-3-15(4-6-16)17-11-18(26)22-21-20(17)14(2)23-24-21/h3-6,13,17H,7-12H2,1-2H3,(H2,22,23,24,26). The van der Waals surface area contributed by atoms with Crippen molar-refractivity contribution < 1.29 is 14.3 Å². The number of anilines is 1. The van der Waals surface area contributed by atoms with Crippen molar-refractivity contribution in [2.24, 2.45) is 5.92 Å². The van der Waals surface area contributed by atoms with Crippen molar-refractivity contribution in [2.75, 3.05) is 25.0 Å². The molecule has 7 heteroatoms. The van der Waals surface area contributed by atoms with Crippen LogP contribution in [0.15, 0.2) is 24.3 Å². The zero-order valence-electron chi connectivity index (χ0n) is 16.3. The van der Waals surface area contributed by atoms with Gasteiger partial charge in [0.2, 0.25) is 5.91 Å². The summed E-state index contributed by atoms with van der Waals surface area (Å²) in [5.74, 6) is 1.93. The maximum Gasteiger partial charge on any atom is 0.260 e. The number of likely N-dealkylation sites (tertiary alicyclic amines) is 1. The third-order valence-electron chi connectivity index (χ3n) is 5.77. The third kappa shape index (κ3) is 3.74. The monoisotopic (exact) mass is 382 g/mol. The van der Waals surface area contributed by atoms with Gasteiger partial charge in [-0.25, -0.2) is 0 Å². The fraction of sp³-hybridized carbons (Fsp3) is 0.476. The Labute approximate surface area is 164 Å². The van der Waals surface area contributed by atoms with E-state index in [-0.39, 0.29) is 24.3 Å². The minimum atomic E-state index is -0.0363. The smallest absolute Gasteiger partial charge is 0.260 e. The lowest BCUT2D eigenvalue weighted by atomic mass is 9.86. The Kier molecular flexibility index (Phi) is 5.07. The molecule has 0 saturated carbocycles. The summed E-state index contributed by atoms with van der Waals surface area (Å²) in [5.41, 5.74) is 3.02. The Hall–Kier alpha value is -2.83. The molecule has 1 atom stereocenters. The fourth-order valence-electron chi connectivity index (χ4n) is 4.01. The van der Waals surface area contributed by atoms with E-state index in [1.165, 1.54) is 0 Å². The number of benzene rings is 1. The predicted octanol–water partition coefficient (Wildman–Crippen LogP) is 2.83. The van der Waals surface area contributed by atoms with Crippen LogP contribution in [0.4, 0.5) is 5.82 Å². The van der Waals surface area contributed by atoms with Crippen LogP contribution in [-0.2, 0) is 9.59 Å². The van der Waals surface area contributed by atoms with Crippen molar-refractivity contribution in [3.8, 4) is 5.75 Å². The summed E-state index contributed by atoms with van der Waals surface area (Å²) in [7, 11) is 0. The summed E-state index contributed by atoms with van der Waals surface area (Å²) < 4.78 is 5.70. The number of carbonyl (C=O) groups excluding carboxylic acids is 2. The van der Waals surface area contributed by atoms with Crippen LogP contribution in [0.2, 0.25) is 0 Å². The molecule has 1 unspecified atom stereocenters. The first-order valence-electron chi connectivity index (χ1n) is 9.86. The molecule has 3 heterocycles. The molecular formula is C21H26N4O3. The molecule has 1 aromatic carbocycles. The molecule has 1 aromatic heterocycles. The highest BCUT2D eigenvalue weighted by Gasteiger charge is 2.30. The lowest BCUT2D eigenvalue weighted by molar-refractivity contribution is -0.134. The number of aromatic amines is 1. The van der Waals surface area contributed by atoms with Gasteiger partial charge in [0.1, 0.15) is 5.75 Å². The van der Waals surface area contributed by atoms with Crippen LogP contribution in [0, 0.1) is 12.8 Å². The van der Waals surface area contributed by atoms with Crippen molar-refractivity contribution in [3.05, 3.63) is 41.1 Å². The molecule has 0 aliphatic carbocycles. The molecule has 1 fully saturated rings. The molecule has 148 valence electrons. The number of aryl methyl sites for hydroxylation is 1. The van der Waals surface area contributed by atoms with Gasteiger partial charge in [0.05, 0.1) is 0 Å². The first-order chi connectivity index (χ1) is 13.5. The van der Waals surface area contributed by atoms with Crippen LogP contribution in [-0.4, -0.2) is 46.6 Å². The summed E-state index contributed by atoms with van der Waals surface area (Å²) >= 11 is 0. The predicted molar refractivity (Wildman–Crippen MR) is 105 cm³/mol. The highest BCUT2D eigenvalue weighted by atomic mass is 16.5. The highest BCUT2D eigenvalue weighted by molar-refractivity contribution is 5.94. The number of hydrogen-bond acceptors (Lipinski definition) is 4. The molecule has 1 saturated heterocycles. The average molecular weight is 382 g/mol. The molecule has 0 spiro atoms. The molecule has 2 aromatic rings. The summed E-state index contributed by atoms with van der Waals surface area (Å²) in [6.45, 7) is 5.88. The maximum absolute atomic E-state index is 12.3. The largest absolute Gasteiger partial charge is 0.484 e. The number of nitrogens with one attached hydrogen (secondary N) is 2. The van der Waals surface area contributed by atoms with Gasteiger partial charge in [0, 0.05) is 36.7 Å². The molecule has 2 aliphatic heterocycles.